The van der Waals surface area contributed by atoms with Crippen LogP contribution in [0, 0.1) is 22.7 Å². The molecule has 2 unspecified atom stereocenters. The summed E-state index contributed by atoms with van der Waals surface area (Å²) in [5, 5.41) is 0. The molecule has 196 valence electrons. The summed E-state index contributed by atoms with van der Waals surface area (Å²) in [5.74, 6) is 2.80. The fraction of sp³-hybridized carbons (Fsp3) is 0.917. The largest absolute Gasteiger partial charge is 0.510 e. The molecule has 8 nitrogen and oxygen atoms in total. The summed E-state index contributed by atoms with van der Waals surface area (Å²) in [6.07, 6.45) is 8.12. The van der Waals surface area contributed by atoms with Crippen LogP contribution in [-0.4, -0.2) is 75.3 Å². The minimum Gasteiger partial charge on any atom is -0.433 e. The van der Waals surface area contributed by atoms with Crippen molar-refractivity contribution in [2.75, 3.05) is 50.4 Å². The minimum atomic E-state index is -0.683. The van der Waals surface area contributed by atoms with Crippen LogP contribution in [-0.2, 0) is 28.4 Å². The second-order valence-electron chi connectivity index (χ2n) is 10.1. The fourth-order valence-corrected chi connectivity index (χ4v) is 6.90. The molecule has 2 atom stereocenters. The molecule has 0 N–H and O–H groups in total. The van der Waals surface area contributed by atoms with E-state index in [1.807, 2.05) is 12.5 Å². The quantitative estimate of drug-likeness (QED) is 0.170. The van der Waals surface area contributed by atoms with Gasteiger partial charge in [0.25, 0.3) is 0 Å². The molecule has 0 heterocycles. The Bertz CT molecular complexity index is 609. The fourth-order valence-electron chi connectivity index (χ4n) is 6.40. The van der Waals surface area contributed by atoms with Gasteiger partial charge in [-0.25, -0.2) is 9.59 Å². The highest BCUT2D eigenvalue weighted by Crippen LogP contribution is 2.65. The Hall–Kier alpha value is -0.840. The van der Waals surface area contributed by atoms with Crippen molar-refractivity contribution >= 4 is 35.8 Å². The van der Waals surface area contributed by atoms with E-state index in [0.29, 0.717) is 38.3 Å². The molecule has 0 aromatic rings. The lowest BCUT2D eigenvalue weighted by Crippen LogP contribution is -2.55. The Balaban J connectivity index is 1.47. The number of rotatable bonds is 14. The predicted molar refractivity (Wildman–Crippen MR) is 132 cm³/mol. The summed E-state index contributed by atoms with van der Waals surface area (Å²) in [4.78, 5) is 23.6. The van der Waals surface area contributed by atoms with Crippen molar-refractivity contribution in [2.45, 2.75) is 65.0 Å². The third-order valence-corrected chi connectivity index (χ3v) is 8.24. The van der Waals surface area contributed by atoms with Gasteiger partial charge in [-0.05, 0) is 87.5 Å². The summed E-state index contributed by atoms with van der Waals surface area (Å²) in [6.45, 7) is 5.28. The second kappa shape index (κ2) is 12.9. The van der Waals surface area contributed by atoms with Crippen LogP contribution >= 0.6 is 23.5 Å². The lowest BCUT2D eigenvalue weighted by molar-refractivity contribution is -0.207. The molecule has 0 saturated heterocycles. The van der Waals surface area contributed by atoms with Gasteiger partial charge in [-0.15, -0.1) is 0 Å². The van der Waals surface area contributed by atoms with Crippen molar-refractivity contribution < 1.29 is 38.0 Å². The zero-order valence-electron chi connectivity index (χ0n) is 20.9. The van der Waals surface area contributed by atoms with E-state index in [1.165, 1.54) is 6.42 Å². The van der Waals surface area contributed by atoms with Gasteiger partial charge in [0.15, 0.2) is 0 Å². The van der Waals surface area contributed by atoms with Gasteiger partial charge in [0, 0.05) is 11.5 Å². The van der Waals surface area contributed by atoms with Crippen molar-refractivity contribution in [3.63, 3.8) is 0 Å². The van der Waals surface area contributed by atoms with E-state index in [1.54, 1.807) is 37.4 Å². The number of hydrogen-bond acceptors (Lipinski definition) is 10. The van der Waals surface area contributed by atoms with Gasteiger partial charge < -0.3 is 28.4 Å². The van der Waals surface area contributed by atoms with Gasteiger partial charge >= 0.3 is 12.3 Å². The van der Waals surface area contributed by atoms with Gasteiger partial charge in [0.2, 0.25) is 12.6 Å². The van der Waals surface area contributed by atoms with Crippen LogP contribution in [0.5, 0.6) is 0 Å². The molecule has 4 bridgehead atoms. The van der Waals surface area contributed by atoms with Crippen molar-refractivity contribution in [1.82, 2.24) is 0 Å². The van der Waals surface area contributed by atoms with E-state index in [2.05, 4.69) is 0 Å². The zero-order chi connectivity index (χ0) is 24.6. The Labute approximate surface area is 211 Å². The Morgan fingerprint density at radius 2 is 1.21 bits per heavy atom. The predicted octanol–water partition coefficient (Wildman–Crippen LogP) is 5.33. The van der Waals surface area contributed by atoms with Gasteiger partial charge in [0.05, 0.1) is 13.2 Å². The highest BCUT2D eigenvalue weighted by molar-refractivity contribution is 7.98. The highest BCUT2D eigenvalue weighted by Gasteiger charge is 2.58. The lowest BCUT2D eigenvalue weighted by Gasteiger charge is -2.62. The molecule has 34 heavy (non-hydrogen) atoms. The van der Waals surface area contributed by atoms with E-state index in [4.69, 9.17) is 28.4 Å². The van der Waals surface area contributed by atoms with Crippen molar-refractivity contribution in [3.05, 3.63) is 0 Å². The maximum absolute atomic E-state index is 11.8. The number of carbonyl (C=O) groups excluding carboxylic acids is 2. The molecule has 10 heteroatoms. The van der Waals surface area contributed by atoms with Crippen LogP contribution in [0.4, 0.5) is 9.59 Å². The van der Waals surface area contributed by atoms with E-state index in [-0.39, 0.29) is 10.8 Å². The third-order valence-electron chi connectivity index (χ3n) is 7.09. The molecule has 0 amide bonds. The molecular formula is C24H40O8S2. The summed E-state index contributed by atoms with van der Waals surface area (Å²) >= 11 is 3.22. The number of ether oxygens (including phenoxy) is 6. The summed E-state index contributed by atoms with van der Waals surface area (Å²) in [7, 11) is 0. The molecule has 4 aliphatic carbocycles. The second-order valence-corrected chi connectivity index (χ2v) is 12.1. The lowest BCUT2D eigenvalue weighted by atomic mass is 9.44. The maximum atomic E-state index is 11.8. The number of thioether (sulfide) groups is 2. The van der Waals surface area contributed by atoms with E-state index in [9.17, 15) is 9.59 Å². The molecular weight excluding hydrogens is 480 g/mol. The molecule has 0 radical (unpaired) electrons. The highest BCUT2D eigenvalue weighted by atomic mass is 32.2. The molecule has 4 aliphatic rings. The first-order valence-electron chi connectivity index (χ1n) is 12.1. The first-order valence-corrected chi connectivity index (χ1v) is 14.9. The average Bonchev–Trinajstić information content (AvgIpc) is 2.76. The van der Waals surface area contributed by atoms with Crippen LogP contribution in [0.25, 0.3) is 0 Å². The van der Waals surface area contributed by atoms with Gasteiger partial charge in [0.1, 0.15) is 13.2 Å². The summed E-state index contributed by atoms with van der Waals surface area (Å²) in [5.41, 5.74) is 0.156. The Morgan fingerprint density at radius 1 is 0.794 bits per heavy atom. The maximum Gasteiger partial charge on any atom is 0.510 e. The molecule has 4 rings (SSSR count). The van der Waals surface area contributed by atoms with E-state index < -0.39 is 24.9 Å². The van der Waals surface area contributed by atoms with Crippen molar-refractivity contribution in [2.24, 2.45) is 22.7 Å². The first-order chi connectivity index (χ1) is 16.3. The Kier molecular flexibility index (Phi) is 10.5. The van der Waals surface area contributed by atoms with Gasteiger partial charge in [-0.1, -0.05) is 0 Å². The van der Waals surface area contributed by atoms with Gasteiger partial charge in [-0.3, -0.25) is 0 Å². The summed E-state index contributed by atoms with van der Waals surface area (Å²) in [6, 6.07) is 0. The van der Waals surface area contributed by atoms with Crippen LogP contribution in [0.3, 0.4) is 0 Å². The molecule has 0 spiro atoms. The summed E-state index contributed by atoms with van der Waals surface area (Å²) < 4.78 is 32.6. The molecule has 4 saturated carbocycles. The number of hydrogen-bond donors (Lipinski definition) is 0. The smallest absolute Gasteiger partial charge is 0.433 e. The minimum absolute atomic E-state index is 0.0780. The Morgan fingerprint density at radius 3 is 1.59 bits per heavy atom. The van der Waals surface area contributed by atoms with E-state index in [0.717, 1.165) is 43.6 Å². The van der Waals surface area contributed by atoms with Crippen molar-refractivity contribution in [1.29, 1.82) is 0 Å². The van der Waals surface area contributed by atoms with E-state index >= 15 is 0 Å². The van der Waals surface area contributed by atoms with Crippen LogP contribution in [0.1, 0.15) is 52.4 Å². The van der Waals surface area contributed by atoms with Crippen molar-refractivity contribution in [3.8, 4) is 0 Å². The van der Waals surface area contributed by atoms with Crippen LogP contribution < -0.4 is 0 Å². The topological polar surface area (TPSA) is 89.5 Å². The van der Waals surface area contributed by atoms with Gasteiger partial charge in [-0.2, -0.15) is 23.5 Å². The van der Waals surface area contributed by atoms with Crippen LogP contribution in [0.15, 0.2) is 0 Å². The third kappa shape index (κ3) is 8.10. The SMILES string of the molecule is CSCCOC(=O)OC(C)OCC12CC3CC(C1)CC(COC(C)OC(=O)OCCSC)(C3)C2. The standard InChI is InChI=1S/C24H40O8S2/c1-17(31-21(25)27-5-7-33-3)29-15-23-10-19-9-20(11-23)13-24(12-19,14-23)16-30-18(2)32-22(26)28-6-8-34-4/h17-20H,5-16H2,1-4H3. The number of carbonyl (C=O) groups is 2. The molecule has 0 aromatic heterocycles. The first kappa shape index (κ1) is 27.7. The molecule has 0 aromatic carbocycles. The molecule has 0 aliphatic heterocycles. The van der Waals surface area contributed by atoms with Crippen LogP contribution in [0.2, 0.25) is 0 Å². The normalized spacial score (nSPS) is 31.1. The molecule has 4 fully saturated rings. The zero-order valence-corrected chi connectivity index (χ0v) is 22.5. The monoisotopic (exact) mass is 520 g/mol. The average molecular weight is 521 g/mol.